The van der Waals surface area contributed by atoms with E-state index in [1.165, 1.54) is 18.0 Å². The molecular weight excluding hydrogens is 306 g/mol. The van der Waals surface area contributed by atoms with Gasteiger partial charge in [0, 0.05) is 26.4 Å². The van der Waals surface area contributed by atoms with E-state index in [1.807, 2.05) is 42.5 Å². The van der Waals surface area contributed by atoms with Gasteiger partial charge in [0.05, 0.1) is 11.1 Å². The van der Waals surface area contributed by atoms with E-state index in [-0.39, 0.29) is 5.56 Å². The van der Waals surface area contributed by atoms with Crippen LogP contribution in [0.25, 0.3) is 10.9 Å². The van der Waals surface area contributed by atoms with Crippen molar-refractivity contribution >= 4 is 40.2 Å². The van der Waals surface area contributed by atoms with E-state index in [0.29, 0.717) is 9.92 Å². The lowest BCUT2D eigenvalue weighted by atomic mass is 10.1. The number of aromatic carboxylic acids is 1. The molecule has 1 N–H and O–H groups in total. The number of aromatic nitrogens is 1. The van der Waals surface area contributed by atoms with Crippen LogP contribution in [0.2, 0.25) is 5.02 Å². The van der Waals surface area contributed by atoms with E-state index in [2.05, 4.69) is 4.98 Å². The maximum absolute atomic E-state index is 11.4. The molecule has 2 aromatic carbocycles. The summed E-state index contributed by atoms with van der Waals surface area (Å²) in [6.45, 7) is 0. The minimum Gasteiger partial charge on any atom is -0.478 e. The molecule has 0 saturated carbocycles. The molecule has 0 unspecified atom stereocenters. The third-order valence-corrected chi connectivity index (χ3v) is 4.34. The number of carboxylic acids is 1. The highest BCUT2D eigenvalue weighted by atomic mass is 35.5. The zero-order valence-electron chi connectivity index (χ0n) is 10.8. The van der Waals surface area contributed by atoms with Crippen LogP contribution in [-0.2, 0) is 0 Å². The Morgan fingerprint density at radius 3 is 2.71 bits per heavy atom. The highest BCUT2D eigenvalue weighted by molar-refractivity contribution is 7.99. The van der Waals surface area contributed by atoms with Crippen LogP contribution in [0.1, 0.15) is 10.4 Å². The standard InChI is InChI=1S/C16H10ClNO2S/c17-10-4-3-5-11(8-10)21-15-12-6-1-2-7-14(12)18-9-13(15)16(19)20/h1-9H,(H,19,20). The number of nitrogens with zero attached hydrogens (tertiary/aromatic N) is 1. The van der Waals surface area contributed by atoms with Crippen LogP contribution in [0.5, 0.6) is 0 Å². The molecule has 0 aliphatic carbocycles. The maximum Gasteiger partial charge on any atom is 0.338 e. The second kappa shape index (κ2) is 5.76. The van der Waals surface area contributed by atoms with Crippen LogP contribution >= 0.6 is 23.4 Å². The molecule has 1 heterocycles. The molecule has 0 bridgehead atoms. The number of para-hydroxylation sites is 1. The lowest BCUT2D eigenvalue weighted by Gasteiger charge is -2.09. The number of benzene rings is 2. The minimum absolute atomic E-state index is 0.193. The first-order valence-corrected chi connectivity index (χ1v) is 7.39. The van der Waals surface area contributed by atoms with Crippen molar-refractivity contribution < 1.29 is 9.90 Å². The molecule has 3 rings (SSSR count). The molecule has 0 aliphatic rings. The fourth-order valence-electron chi connectivity index (χ4n) is 2.03. The molecule has 0 radical (unpaired) electrons. The minimum atomic E-state index is -0.988. The molecule has 104 valence electrons. The van der Waals surface area contributed by atoms with Gasteiger partial charge in [0.2, 0.25) is 0 Å². The molecule has 21 heavy (non-hydrogen) atoms. The molecule has 0 amide bonds. The van der Waals surface area contributed by atoms with Gasteiger partial charge in [-0.3, -0.25) is 4.98 Å². The summed E-state index contributed by atoms with van der Waals surface area (Å²) < 4.78 is 0. The highest BCUT2D eigenvalue weighted by Gasteiger charge is 2.15. The molecule has 5 heteroatoms. The number of rotatable bonds is 3. The van der Waals surface area contributed by atoms with E-state index < -0.39 is 5.97 Å². The van der Waals surface area contributed by atoms with E-state index in [4.69, 9.17) is 11.6 Å². The maximum atomic E-state index is 11.4. The van der Waals surface area contributed by atoms with Crippen LogP contribution in [0.3, 0.4) is 0 Å². The van der Waals surface area contributed by atoms with Crippen molar-refractivity contribution in [2.45, 2.75) is 9.79 Å². The number of fused-ring (bicyclic) bond motifs is 1. The van der Waals surface area contributed by atoms with E-state index in [1.54, 1.807) is 6.07 Å². The Labute approximate surface area is 130 Å². The fraction of sp³-hybridized carbons (Fsp3) is 0. The summed E-state index contributed by atoms with van der Waals surface area (Å²) in [5, 5.41) is 10.8. The van der Waals surface area contributed by atoms with Crippen molar-refractivity contribution in [3.8, 4) is 0 Å². The number of hydrogen-bond acceptors (Lipinski definition) is 3. The lowest BCUT2D eigenvalue weighted by molar-refractivity contribution is 0.0693. The SMILES string of the molecule is O=C(O)c1cnc2ccccc2c1Sc1cccc(Cl)c1. The molecule has 0 saturated heterocycles. The molecular formula is C16H10ClNO2S. The number of pyridine rings is 1. The number of carboxylic acid groups (broad SMARTS) is 1. The van der Waals surface area contributed by atoms with Crippen molar-refractivity contribution in [3.63, 3.8) is 0 Å². The number of halogens is 1. The largest absolute Gasteiger partial charge is 0.478 e. The third kappa shape index (κ3) is 2.86. The monoisotopic (exact) mass is 315 g/mol. The summed E-state index contributed by atoms with van der Waals surface area (Å²) in [6.07, 6.45) is 1.40. The molecule has 0 fully saturated rings. The molecule has 1 aromatic heterocycles. The van der Waals surface area contributed by atoms with Gasteiger partial charge in [-0.05, 0) is 24.3 Å². The zero-order valence-corrected chi connectivity index (χ0v) is 12.4. The van der Waals surface area contributed by atoms with Gasteiger partial charge in [-0.1, -0.05) is 47.6 Å². The van der Waals surface area contributed by atoms with Gasteiger partial charge in [0.15, 0.2) is 0 Å². The number of hydrogen-bond donors (Lipinski definition) is 1. The van der Waals surface area contributed by atoms with Crippen LogP contribution in [0.15, 0.2) is 64.5 Å². The molecule has 3 nitrogen and oxygen atoms in total. The first kappa shape index (κ1) is 13.9. The smallest absolute Gasteiger partial charge is 0.338 e. The third-order valence-electron chi connectivity index (χ3n) is 2.97. The van der Waals surface area contributed by atoms with Gasteiger partial charge in [-0.25, -0.2) is 4.79 Å². The highest BCUT2D eigenvalue weighted by Crippen LogP contribution is 2.36. The van der Waals surface area contributed by atoms with Gasteiger partial charge in [-0.15, -0.1) is 0 Å². The van der Waals surface area contributed by atoms with E-state index in [9.17, 15) is 9.90 Å². The Morgan fingerprint density at radius 2 is 1.95 bits per heavy atom. The van der Waals surface area contributed by atoms with Crippen LogP contribution in [0.4, 0.5) is 0 Å². The predicted octanol–water partition coefficient (Wildman–Crippen LogP) is 4.74. The second-order valence-corrected chi connectivity index (χ2v) is 5.90. The van der Waals surface area contributed by atoms with Crippen LogP contribution in [-0.4, -0.2) is 16.1 Å². The van der Waals surface area contributed by atoms with Crippen molar-refractivity contribution in [1.29, 1.82) is 0 Å². The average molecular weight is 316 g/mol. The normalized spacial score (nSPS) is 10.7. The Kier molecular flexibility index (Phi) is 3.82. The van der Waals surface area contributed by atoms with Gasteiger partial charge >= 0.3 is 5.97 Å². The summed E-state index contributed by atoms with van der Waals surface area (Å²) in [5.74, 6) is -0.988. The Bertz CT molecular complexity index is 835. The molecule has 0 atom stereocenters. The lowest BCUT2D eigenvalue weighted by Crippen LogP contribution is -2.00. The summed E-state index contributed by atoms with van der Waals surface area (Å²) >= 11 is 7.37. The summed E-state index contributed by atoms with van der Waals surface area (Å²) in [4.78, 5) is 17.2. The fourth-order valence-corrected chi connectivity index (χ4v) is 3.38. The first-order chi connectivity index (χ1) is 10.1. The van der Waals surface area contributed by atoms with Crippen molar-refractivity contribution in [2.24, 2.45) is 0 Å². The Balaban J connectivity index is 2.18. The van der Waals surface area contributed by atoms with Gasteiger partial charge in [0.25, 0.3) is 0 Å². The van der Waals surface area contributed by atoms with Gasteiger partial charge in [0.1, 0.15) is 0 Å². The topological polar surface area (TPSA) is 50.2 Å². The second-order valence-electron chi connectivity index (χ2n) is 4.38. The van der Waals surface area contributed by atoms with E-state index >= 15 is 0 Å². The van der Waals surface area contributed by atoms with Crippen LogP contribution < -0.4 is 0 Å². The molecule has 0 aliphatic heterocycles. The summed E-state index contributed by atoms with van der Waals surface area (Å²) in [6, 6.07) is 14.8. The summed E-state index contributed by atoms with van der Waals surface area (Å²) in [5.41, 5.74) is 0.964. The van der Waals surface area contributed by atoms with Crippen molar-refractivity contribution in [2.75, 3.05) is 0 Å². The average Bonchev–Trinajstić information content (AvgIpc) is 2.47. The predicted molar refractivity (Wildman–Crippen MR) is 84.3 cm³/mol. The number of carbonyl (C=O) groups is 1. The Morgan fingerprint density at radius 1 is 1.14 bits per heavy atom. The van der Waals surface area contributed by atoms with E-state index in [0.717, 1.165) is 15.8 Å². The quantitative estimate of drug-likeness (QED) is 0.758. The van der Waals surface area contributed by atoms with Gasteiger partial charge in [-0.2, -0.15) is 0 Å². The van der Waals surface area contributed by atoms with Crippen LogP contribution in [0, 0.1) is 0 Å². The molecule has 3 aromatic rings. The first-order valence-electron chi connectivity index (χ1n) is 6.19. The molecule has 0 spiro atoms. The van der Waals surface area contributed by atoms with Gasteiger partial charge < -0.3 is 5.11 Å². The summed E-state index contributed by atoms with van der Waals surface area (Å²) in [7, 11) is 0. The Hall–Kier alpha value is -2.04. The van der Waals surface area contributed by atoms with Crippen molar-refractivity contribution in [1.82, 2.24) is 4.98 Å². The zero-order chi connectivity index (χ0) is 14.8. The van der Waals surface area contributed by atoms with Crippen molar-refractivity contribution in [3.05, 3.63) is 65.3 Å².